The van der Waals surface area contributed by atoms with E-state index in [0.717, 1.165) is 11.3 Å². The van der Waals surface area contributed by atoms with Crippen molar-refractivity contribution in [1.29, 1.82) is 0 Å². The highest BCUT2D eigenvalue weighted by atomic mass is 16.6. The summed E-state index contributed by atoms with van der Waals surface area (Å²) >= 11 is 0. The van der Waals surface area contributed by atoms with Crippen molar-refractivity contribution in [2.45, 2.75) is 20.4 Å². The highest BCUT2D eigenvalue weighted by molar-refractivity contribution is 5.65. The number of anilines is 1. The van der Waals surface area contributed by atoms with Gasteiger partial charge in [0.2, 0.25) is 0 Å². The Kier molecular flexibility index (Phi) is 3.70. The minimum atomic E-state index is -0.388. The maximum atomic E-state index is 11.0. The Labute approximate surface area is 110 Å². The fourth-order valence-electron chi connectivity index (χ4n) is 1.82. The molecule has 0 bridgehead atoms. The molecule has 0 saturated carbocycles. The Morgan fingerprint density at radius 1 is 1.32 bits per heavy atom. The number of aromatic nitrogens is 2. The molecule has 0 aliphatic carbocycles. The van der Waals surface area contributed by atoms with Gasteiger partial charge in [-0.1, -0.05) is 12.1 Å². The van der Waals surface area contributed by atoms with Gasteiger partial charge in [0.05, 0.1) is 17.2 Å². The van der Waals surface area contributed by atoms with E-state index < -0.39 is 0 Å². The van der Waals surface area contributed by atoms with Crippen LogP contribution in [0.4, 0.5) is 11.4 Å². The van der Waals surface area contributed by atoms with Gasteiger partial charge >= 0.3 is 0 Å². The number of rotatable bonds is 4. The van der Waals surface area contributed by atoms with Gasteiger partial charge in [-0.25, -0.2) is 9.97 Å². The second-order valence-corrected chi connectivity index (χ2v) is 4.17. The number of para-hydroxylation sites is 1. The molecule has 1 N–H and O–H groups in total. The Morgan fingerprint density at radius 2 is 2.11 bits per heavy atom. The van der Waals surface area contributed by atoms with E-state index in [2.05, 4.69) is 15.3 Å². The summed E-state index contributed by atoms with van der Waals surface area (Å²) in [6.45, 7) is 4.06. The normalized spacial score (nSPS) is 10.2. The van der Waals surface area contributed by atoms with Gasteiger partial charge < -0.3 is 5.32 Å². The monoisotopic (exact) mass is 258 g/mol. The van der Waals surface area contributed by atoms with Gasteiger partial charge in [0.15, 0.2) is 0 Å². The highest BCUT2D eigenvalue weighted by Gasteiger charge is 2.14. The molecule has 1 aromatic heterocycles. The van der Waals surface area contributed by atoms with Crippen molar-refractivity contribution in [3.63, 3.8) is 0 Å². The maximum absolute atomic E-state index is 11.0. The average Bonchev–Trinajstić information content (AvgIpc) is 2.37. The predicted molar refractivity (Wildman–Crippen MR) is 71.9 cm³/mol. The number of nitrogens with zero attached hydrogens (tertiary/aromatic N) is 3. The molecule has 19 heavy (non-hydrogen) atoms. The number of nitrogens with one attached hydrogen (secondary N) is 1. The first-order valence-electron chi connectivity index (χ1n) is 5.84. The van der Waals surface area contributed by atoms with Gasteiger partial charge in [0.1, 0.15) is 11.5 Å². The molecule has 0 aliphatic heterocycles. The summed E-state index contributed by atoms with van der Waals surface area (Å²) in [4.78, 5) is 18.9. The smallest absolute Gasteiger partial charge is 0.292 e. The third-order valence-electron chi connectivity index (χ3n) is 2.73. The largest absolute Gasteiger partial charge is 0.374 e. The molecule has 0 atom stereocenters. The molecule has 98 valence electrons. The second kappa shape index (κ2) is 5.43. The lowest BCUT2D eigenvalue weighted by molar-refractivity contribution is -0.384. The van der Waals surface area contributed by atoms with Crippen LogP contribution in [0.25, 0.3) is 0 Å². The Balaban J connectivity index is 2.22. The summed E-state index contributed by atoms with van der Waals surface area (Å²) < 4.78 is 0. The number of nitro groups is 1. The number of hydrogen-bond acceptors (Lipinski definition) is 5. The van der Waals surface area contributed by atoms with Crippen LogP contribution in [0.1, 0.15) is 17.1 Å². The number of hydrogen-bond donors (Lipinski definition) is 1. The van der Waals surface area contributed by atoms with Crippen molar-refractivity contribution in [2.24, 2.45) is 0 Å². The van der Waals surface area contributed by atoms with E-state index in [1.807, 2.05) is 13.0 Å². The zero-order valence-corrected chi connectivity index (χ0v) is 10.8. The molecule has 6 nitrogen and oxygen atoms in total. The van der Waals surface area contributed by atoms with Crippen molar-refractivity contribution in [3.05, 3.63) is 57.7 Å². The quantitative estimate of drug-likeness (QED) is 0.673. The first-order chi connectivity index (χ1) is 9.08. The minimum Gasteiger partial charge on any atom is -0.374 e. The SMILES string of the molecule is Cc1nccc(CNc2c(C)cccc2[N+](=O)[O-])n1. The Hall–Kier alpha value is -2.50. The molecule has 1 aromatic carbocycles. The minimum absolute atomic E-state index is 0.0748. The molecule has 0 amide bonds. The van der Waals surface area contributed by atoms with Gasteiger partial charge in [0, 0.05) is 12.3 Å². The van der Waals surface area contributed by atoms with Crippen LogP contribution in [0.2, 0.25) is 0 Å². The summed E-state index contributed by atoms with van der Waals surface area (Å²) in [5, 5.41) is 14.1. The van der Waals surface area contributed by atoms with Crippen LogP contribution in [0.3, 0.4) is 0 Å². The van der Waals surface area contributed by atoms with E-state index in [0.29, 0.717) is 18.1 Å². The van der Waals surface area contributed by atoms with Crippen LogP contribution in [0.5, 0.6) is 0 Å². The van der Waals surface area contributed by atoms with Gasteiger partial charge in [0.25, 0.3) is 5.69 Å². The van der Waals surface area contributed by atoms with E-state index >= 15 is 0 Å². The molecule has 0 spiro atoms. The number of aryl methyl sites for hydroxylation is 2. The summed E-state index contributed by atoms with van der Waals surface area (Å²) in [6.07, 6.45) is 1.67. The molecule has 0 unspecified atom stereocenters. The standard InChI is InChI=1S/C13H14N4O2/c1-9-4-3-5-12(17(18)19)13(9)15-8-11-6-7-14-10(2)16-11/h3-7,15H,8H2,1-2H3. The Morgan fingerprint density at radius 3 is 2.79 bits per heavy atom. The summed E-state index contributed by atoms with van der Waals surface area (Å²) in [6, 6.07) is 6.78. The third-order valence-corrected chi connectivity index (χ3v) is 2.73. The molecule has 2 rings (SSSR count). The molecular weight excluding hydrogens is 244 g/mol. The van der Waals surface area contributed by atoms with Gasteiger partial charge in [-0.3, -0.25) is 10.1 Å². The van der Waals surface area contributed by atoms with Crippen molar-refractivity contribution < 1.29 is 4.92 Å². The zero-order valence-electron chi connectivity index (χ0n) is 10.8. The lowest BCUT2D eigenvalue weighted by atomic mass is 10.1. The predicted octanol–water partition coefficient (Wildman–Crippen LogP) is 2.61. The van der Waals surface area contributed by atoms with Gasteiger partial charge in [-0.05, 0) is 25.5 Å². The fourth-order valence-corrected chi connectivity index (χ4v) is 1.82. The topological polar surface area (TPSA) is 81.0 Å². The third kappa shape index (κ3) is 3.04. The van der Waals surface area contributed by atoms with Crippen molar-refractivity contribution in [3.8, 4) is 0 Å². The van der Waals surface area contributed by atoms with Crippen LogP contribution >= 0.6 is 0 Å². The number of benzene rings is 1. The van der Waals surface area contributed by atoms with Crippen LogP contribution in [0, 0.1) is 24.0 Å². The molecule has 0 saturated heterocycles. The lowest BCUT2D eigenvalue weighted by Gasteiger charge is -2.09. The van der Waals surface area contributed by atoms with E-state index in [4.69, 9.17) is 0 Å². The molecular formula is C13H14N4O2. The van der Waals surface area contributed by atoms with E-state index in [-0.39, 0.29) is 10.6 Å². The van der Waals surface area contributed by atoms with Crippen molar-refractivity contribution >= 4 is 11.4 Å². The van der Waals surface area contributed by atoms with Gasteiger partial charge in [-0.15, -0.1) is 0 Å². The number of nitro benzene ring substituents is 1. The van der Waals surface area contributed by atoms with Crippen LogP contribution in [-0.2, 0) is 6.54 Å². The van der Waals surface area contributed by atoms with Gasteiger partial charge in [-0.2, -0.15) is 0 Å². The summed E-state index contributed by atoms with van der Waals surface area (Å²) in [7, 11) is 0. The highest BCUT2D eigenvalue weighted by Crippen LogP contribution is 2.27. The van der Waals surface area contributed by atoms with Crippen molar-refractivity contribution in [1.82, 2.24) is 9.97 Å². The second-order valence-electron chi connectivity index (χ2n) is 4.17. The first-order valence-corrected chi connectivity index (χ1v) is 5.84. The zero-order chi connectivity index (χ0) is 13.8. The summed E-state index contributed by atoms with van der Waals surface area (Å²) in [5.74, 6) is 0.679. The molecule has 1 heterocycles. The van der Waals surface area contributed by atoms with E-state index in [1.165, 1.54) is 6.07 Å². The molecule has 6 heteroatoms. The van der Waals surface area contributed by atoms with Crippen LogP contribution in [-0.4, -0.2) is 14.9 Å². The van der Waals surface area contributed by atoms with E-state index in [1.54, 1.807) is 25.3 Å². The molecule has 0 fully saturated rings. The molecule has 0 radical (unpaired) electrons. The van der Waals surface area contributed by atoms with Crippen molar-refractivity contribution in [2.75, 3.05) is 5.32 Å². The summed E-state index contributed by atoms with van der Waals surface area (Å²) in [5.41, 5.74) is 2.24. The lowest BCUT2D eigenvalue weighted by Crippen LogP contribution is -2.06. The fraction of sp³-hybridized carbons (Fsp3) is 0.231. The average molecular weight is 258 g/mol. The van der Waals surface area contributed by atoms with Crippen LogP contribution < -0.4 is 5.32 Å². The molecule has 0 aliphatic rings. The van der Waals surface area contributed by atoms with Crippen LogP contribution in [0.15, 0.2) is 30.5 Å². The maximum Gasteiger partial charge on any atom is 0.292 e. The molecule has 2 aromatic rings. The first kappa shape index (κ1) is 12.9. The van der Waals surface area contributed by atoms with E-state index in [9.17, 15) is 10.1 Å². The Bertz CT molecular complexity index is 613.